The Morgan fingerprint density at radius 2 is 1.50 bits per heavy atom. The van der Waals surface area contributed by atoms with E-state index in [9.17, 15) is 26.3 Å². The van der Waals surface area contributed by atoms with Crippen LogP contribution in [0.25, 0.3) is 0 Å². The summed E-state index contributed by atoms with van der Waals surface area (Å²) in [6.45, 7) is 2.98. The SMILES string of the molecule is [CH2]CC[C@H](F)C(F)(F)C(F)(F)F. The van der Waals surface area contributed by atoms with Gasteiger partial charge in [0.05, 0.1) is 0 Å². The van der Waals surface area contributed by atoms with Crippen LogP contribution in [0.2, 0.25) is 0 Å². The molecule has 1 radical (unpaired) electrons. The van der Waals surface area contributed by atoms with Crippen molar-refractivity contribution in [3.05, 3.63) is 6.92 Å². The van der Waals surface area contributed by atoms with E-state index in [2.05, 4.69) is 6.92 Å². The zero-order valence-electron chi connectivity index (χ0n) is 5.97. The van der Waals surface area contributed by atoms with E-state index in [4.69, 9.17) is 0 Å². The van der Waals surface area contributed by atoms with E-state index in [1.807, 2.05) is 0 Å². The van der Waals surface area contributed by atoms with Crippen LogP contribution in [0.15, 0.2) is 0 Å². The number of hydrogen-bond acceptors (Lipinski definition) is 0. The fourth-order valence-corrected chi connectivity index (χ4v) is 0.538. The lowest BCUT2D eigenvalue weighted by Crippen LogP contribution is -2.44. The van der Waals surface area contributed by atoms with Gasteiger partial charge in [-0.15, -0.1) is 0 Å². The Kier molecular flexibility index (Phi) is 3.41. The first-order valence-electron chi connectivity index (χ1n) is 3.11. The molecule has 0 aliphatic rings. The minimum atomic E-state index is -5.82. The van der Waals surface area contributed by atoms with Gasteiger partial charge < -0.3 is 0 Å². The molecule has 6 heteroatoms. The Morgan fingerprint density at radius 3 is 1.75 bits per heavy atom. The van der Waals surface area contributed by atoms with Crippen molar-refractivity contribution < 1.29 is 26.3 Å². The summed E-state index contributed by atoms with van der Waals surface area (Å²) < 4.78 is 70.3. The minimum Gasteiger partial charge on any atom is -0.240 e. The van der Waals surface area contributed by atoms with Crippen LogP contribution in [-0.4, -0.2) is 18.3 Å². The smallest absolute Gasteiger partial charge is 0.240 e. The molecule has 0 fully saturated rings. The predicted octanol–water partition coefficient (Wildman–Crippen LogP) is 3.14. The van der Waals surface area contributed by atoms with Crippen molar-refractivity contribution >= 4 is 0 Å². The molecule has 12 heavy (non-hydrogen) atoms. The van der Waals surface area contributed by atoms with Gasteiger partial charge in [-0.2, -0.15) is 22.0 Å². The molecule has 0 N–H and O–H groups in total. The predicted molar refractivity (Wildman–Crippen MR) is 30.5 cm³/mol. The lowest BCUT2D eigenvalue weighted by Gasteiger charge is -2.22. The number of rotatable bonds is 3. The summed E-state index contributed by atoms with van der Waals surface area (Å²) >= 11 is 0. The van der Waals surface area contributed by atoms with Gasteiger partial charge in [0.2, 0.25) is 0 Å². The van der Waals surface area contributed by atoms with Gasteiger partial charge in [-0.1, -0.05) is 13.3 Å². The van der Waals surface area contributed by atoms with Crippen molar-refractivity contribution in [3.8, 4) is 0 Å². The van der Waals surface area contributed by atoms with E-state index in [1.165, 1.54) is 0 Å². The monoisotopic (exact) mass is 193 g/mol. The van der Waals surface area contributed by atoms with Gasteiger partial charge in [0.25, 0.3) is 0 Å². The van der Waals surface area contributed by atoms with Gasteiger partial charge in [0.1, 0.15) is 0 Å². The Hall–Kier alpha value is -0.420. The average molecular weight is 193 g/mol. The second-order valence-electron chi connectivity index (χ2n) is 2.23. The molecule has 73 valence electrons. The zero-order valence-corrected chi connectivity index (χ0v) is 5.97. The van der Waals surface area contributed by atoms with Crippen molar-refractivity contribution in [2.24, 2.45) is 0 Å². The van der Waals surface area contributed by atoms with E-state index in [1.54, 1.807) is 0 Å². The highest BCUT2D eigenvalue weighted by atomic mass is 19.4. The first-order valence-corrected chi connectivity index (χ1v) is 3.11. The van der Waals surface area contributed by atoms with Crippen LogP contribution >= 0.6 is 0 Å². The zero-order chi connectivity index (χ0) is 9.99. The molecule has 0 bridgehead atoms. The Bertz CT molecular complexity index is 137. The highest BCUT2D eigenvalue weighted by Gasteiger charge is 2.62. The van der Waals surface area contributed by atoms with Gasteiger partial charge in [-0.3, -0.25) is 0 Å². The molecule has 0 rings (SSSR count). The van der Waals surface area contributed by atoms with Crippen molar-refractivity contribution in [3.63, 3.8) is 0 Å². The summed E-state index contributed by atoms with van der Waals surface area (Å²) in [5.41, 5.74) is 0. The quantitative estimate of drug-likeness (QED) is 0.604. The molecule has 0 nitrogen and oxygen atoms in total. The van der Waals surface area contributed by atoms with Crippen molar-refractivity contribution in [1.82, 2.24) is 0 Å². The first kappa shape index (κ1) is 11.6. The van der Waals surface area contributed by atoms with Crippen LogP contribution in [0.5, 0.6) is 0 Å². The van der Waals surface area contributed by atoms with Gasteiger partial charge >= 0.3 is 12.1 Å². The van der Waals surface area contributed by atoms with Crippen LogP contribution in [0.4, 0.5) is 26.3 Å². The van der Waals surface area contributed by atoms with Crippen LogP contribution in [0, 0.1) is 6.92 Å². The Labute approximate surface area is 65.6 Å². The molecule has 0 aromatic heterocycles. The molecule has 0 aromatic carbocycles. The van der Waals surface area contributed by atoms with Crippen molar-refractivity contribution in [2.75, 3.05) is 0 Å². The minimum absolute atomic E-state index is 0.299. The molecule has 0 saturated carbocycles. The Balaban J connectivity index is 4.38. The molecule has 0 heterocycles. The molecule has 0 aromatic rings. The maximum absolute atomic E-state index is 12.2. The lowest BCUT2D eigenvalue weighted by molar-refractivity contribution is -0.303. The normalized spacial score (nSPS) is 16.2. The number of alkyl halides is 6. The van der Waals surface area contributed by atoms with Gasteiger partial charge in [0, 0.05) is 0 Å². The van der Waals surface area contributed by atoms with E-state index >= 15 is 0 Å². The summed E-state index contributed by atoms with van der Waals surface area (Å²) in [5.74, 6) is -5.26. The van der Waals surface area contributed by atoms with Crippen LogP contribution < -0.4 is 0 Å². The summed E-state index contributed by atoms with van der Waals surface area (Å²) in [6.07, 6.45) is -10.2. The highest BCUT2D eigenvalue weighted by molar-refractivity contribution is 4.84. The molecule has 1 atom stereocenters. The molecule has 0 aliphatic heterocycles. The van der Waals surface area contributed by atoms with E-state index in [0.29, 0.717) is 0 Å². The standard InChI is InChI=1S/C6H7F6/c1-2-3-4(7)5(8,9)6(10,11)12/h4H,1-3H2/t4-/m0/s1. The third-order valence-corrected chi connectivity index (χ3v) is 1.23. The summed E-state index contributed by atoms with van der Waals surface area (Å²) in [6, 6.07) is 0. The highest BCUT2D eigenvalue weighted by Crippen LogP contribution is 2.40. The first-order chi connectivity index (χ1) is 5.23. The molecule has 0 spiro atoms. The summed E-state index contributed by atoms with van der Waals surface area (Å²) in [7, 11) is 0. The van der Waals surface area contributed by atoms with E-state index in [0.717, 1.165) is 0 Å². The lowest BCUT2D eigenvalue weighted by atomic mass is 10.1. The number of hydrogen-bond donors (Lipinski definition) is 0. The van der Waals surface area contributed by atoms with E-state index < -0.39 is 24.7 Å². The Morgan fingerprint density at radius 1 is 1.08 bits per heavy atom. The summed E-state index contributed by atoms with van der Waals surface area (Å²) in [5, 5.41) is 0. The molecular weight excluding hydrogens is 186 g/mol. The van der Waals surface area contributed by atoms with Crippen LogP contribution in [-0.2, 0) is 0 Å². The molecule has 0 saturated heterocycles. The second-order valence-corrected chi connectivity index (χ2v) is 2.23. The third kappa shape index (κ3) is 2.28. The van der Waals surface area contributed by atoms with Crippen LogP contribution in [0.3, 0.4) is 0 Å². The number of halogens is 6. The molecular formula is C6H7F6. The average Bonchev–Trinajstić information content (AvgIpc) is 1.85. The maximum Gasteiger partial charge on any atom is 0.456 e. The molecule has 0 aliphatic carbocycles. The fraction of sp³-hybridized carbons (Fsp3) is 0.833. The van der Waals surface area contributed by atoms with Crippen molar-refractivity contribution in [2.45, 2.75) is 31.1 Å². The van der Waals surface area contributed by atoms with Gasteiger partial charge in [-0.25, -0.2) is 4.39 Å². The maximum atomic E-state index is 12.2. The van der Waals surface area contributed by atoms with Crippen molar-refractivity contribution in [1.29, 1.82) is 0 Å². The topological polar surface area (TPSA) is 0 Å². The molecule has 0 unspecified atom stereocenters. The fourth-order valence-electron chi connectivity index (χ4n) is 0.538. The molecule has 0 amide bonds. The van der Waals surface area contributed by atoms with Gasteiger partial charge in [-0.05, 0) is 6.42 Å². The summed E-state index contributed by atoms with van der Waals surface area (Å²) in [4.78, 5) is 0. The van der Waals surface area contributed by atoms with Crippen LogP contribution in [0.1, 0.15) is 12.8 Å². The van der Waals surface area contributed by atoms with E-state index in [-0.39, 0.29) is 6.42 Å². The van der Waals surface area contributed by atoms with Gasteiger partial charge in [0.15, 0.2) is 6.17 Å². The largest absolute Gasteiger partial charge is 0.456 e. The third-order valence-electron chi connectivity index (χ3n) is 1.23. The second kappa shape index (κ2) is 3.53.